The van der Waals surface area contributed by atoms with E-state index in [0.717, 1.165) is 51.4 Å². The molecule has 0 bridgehead atoms. The fourth-order valence-electron chi connectivity index (χ4n) is 5.19. The average molecular weight is 383 g/mol. The van der Waals surface area contributed by atoms with Crippen LogP contribution in [0.5, 0.6) is 0 Å². The van der Waals surface area contributed by atoms with Crippen molar-refractivity contribution in [1.82, 2.24) is 10.2 Å². The van der Waals surface area contributed by atoms with Crippen LogP contribution in [0.15, 0.2) is 29.3 Å². The minimum atomic E-state index is 0.324. The van der Waals surface area contributed by atoms with Crippen LogP contribution in [0.3, 0.4) is 0 Å². The van der Waals surface area contributed by atoms with Gasteiger partial charge in [-0.1, -0.05) is 38.0 Å². The van der Waals surface area contributed by atoms with Crippen molar-refractivity contribution in [1.29, 1.82) is 0 Å². The predicted octanol–water partition coefficient (Wildman–Crippen LogP) is 3.76. The summed E-state index contributed by atoms with van der Waals surface area (Å²) in [4.78, 5) is 21.0. The number of benzene rings is 1. The maximum absolute atomic E-state index is 12.0. The second kappa shape index (κ2) is 8.14. The molecule has 3 aliphatic rings. The van der Waals surface area contributed by atoms with E-state index in [9.17, 15) is 4.79 Å². The van der Waals surface area contributed by atoms with Crippen LogP contribution in [0.2, 0.25) is 0 Å². The number of fused-ring (bicyclic) bond motifs is 1. The summed E-state index contributed by atoms with van der Waals surface area (Å²) in [7, 11) is 1.89. The zero-order valence-corrected chi connectivity index (χ0v) is 17.4. The number of guanidine groups is 1. The lowest BCUT2D eigenvalue weighted by molar-refractivity contribution is -0.127. The maximum atomic E-state index is 12.0. The Balaban J connectivity index is 1.44. The number of rotatable bonds is 5. The minimum absolute atomic E-state index is 0.324. The highest BCUT2D eigenvalue weighted by atomic mass is 16.2. The van der Waals surface area contributed by atoms with Gasteiger partial charge in [-0.25, -0.2) is 0 Å². The lowest BCUT2D eigenvalue weighted by Crippen LogP contribution is -2.44. The predicted molar refractivity (Wildman–Crippen MR) is 115 cm³/mol. The molecule has 28 heavy (non-hydrogen) atoms. The number of hydrogen-bond acceptors (Lipinski definition) is 2. The Bertz CT molecular complexity index is 738. The molecule has 1 N–H and O–H groups in total. The van der Waals surface area contributed by atoms with Gasteiger partial charge in [-0.2, -0.15) is 0 Å². The van der Waals surface area contributed by atoms with E-state index in [1.807, 2.05) is 11.9 Å². The lowest BCUT2D eigenvalue weighted by Gasteiger charge is -2.29. The Morgan fingerprint density at radius 3 is 2.75 bits per heavy atom. The third kappa shape index (κ3) is 3.89. The van der Waals surface area contributed by atoms with Gasteiger partial charge in [-0.3, -0.25) is 9.79 Å². The molecule has 1 atom stereocenters. The van der Waals surface area contributed by atoms with Crippen LogP contribution >= 0.6 is 0 Å². The number of hydrogen-bond donors (Lipinski definition) is 1. The number of amides is 1. The van der Waals surface area contributed by atoms with Crippen molar-refractivity contribution in [3.63, 3.8) is 0 Å². The summed E-state index contributed by atoms with van der Waals surface area (Å²) >= 11 is 0. The highest BCUT2D eigenvalue weighted by Gasteiger charge is 2.34. The SMILES string of the molecule is CN=C(NCC1(C)CCCC1)N1CC(CCN2CCCC2=O)c2ccccc21. The molecule has 2 aliphatic heterocycles. The molecule has 1 aromatic carbocycles. The van der Waals surface area contributed by atoms with Crippen molar-refractivity contribution < 1.29 is 4.79 Å². The summed E-state index contributed by atoms with van der Waals surface area (Å²) in [5.74, 6) is 1.76. The molecule has 2 heterocycles. The van der Waals surface area contributed by atoms with Gasteiger partial charge in [0.05, 0.1) is 0 Å². The van der Waals surface area contributed by atoms with Crippen LogP contribution in [-0.2, 0) is 4.79 Å². The summed E-state index contributed by atoms with van der Waals surface area (Å²) in [6, 6.07) is 8.70. The van der Waals surface area contributed by atoms with Gasteiger partial charge in [0.2, 0.25) is 5.91 Å². The molecule has 1 aromatic rings. The first-order valence-corrected chi connectivity index (χ1v) is 10.9. The smallest absolute Gasteiger partial charge is 0.222 e. The van der Waals surface area contributed by atoms with Crippen molar-refractivity contribution in [3.05, 3.63) is 29.8 Å². The Hall–Kier alpha value is -2.04. The van der Waals surface area contributed by atoms with Crippen molar-refractivity contribution in [2.45, 2.75) is 57.8 Å². The largest absolute Gasteiger partial charge is 0.355 e. The first kappa shape index (κ1) is 19.3. The molecule has 5 nitrogen and oxygen atoms in total. The molecule has 1 amide bonds. The molecule has 4 rings (SSSR count). The minimum Gasteiger partial charge on any atom is -0.355 e. The summed E-state index contributed by atoms with van der Waals surface area (Å²) in [6.07, 6.45) is 8.07. The average Bonchev–Trinajstić information content (AvgIpc) is 3.41. The summed E-state index contributed by atoms with van der Waals surface area (Å²) in [5.41, 5.74) is 3.05. The number of anilines is 1. The number of carbonyl (C=O) groups excluding carboxylic acids is 1. The molecule has 5 heteroatoms. The zero-order chi connectivity index (χ0) is 19.6. The highest BCUT2D eigenvalue weighted by molar-refractivity contribution is 5.98. The third-order valence-corrected chi connectivity index (χ3v) is 6.94. The van der Waals surface area contributed by atoms with Gasteiger partial charge in [0.1, 0.15) is 0 Å². The molecule has 1 unspecified atom stereocenters. The Kier molecular flexibility index (Phi) is 5.61. The maximum Gasteiger partial charge on any atom is 0.222 e. The number of para-hydroxylation sites is 1. The van der Waals surface area contributed by atoms with Gasteiger partial charge < -0.3 is 15.1 Å². The van der Waals surface area contributed by atoms with Crippen molar-refractivity contribution in [3.8, 4) is 0 Å². The monoisotopic (exact) mass is 382 g/mol. The second-order valence-corrected chi connectivity index (χ2v) is 9.06. The summed E-state index contributed by atoms with van der Waals surface area (Å²) < 4.78 is 0. The summed E-state index contributed by atoms with van der Waals surface area (Å²) in [5, 5.41) is 3.67. The van der Waals surface area contributed by atoms with Gasteiger partial charge in [0, 0.05) is 51.3 Å². The Morgan fingerprint density at radius 2 is 2.04 bits per heavy atom. The van der Waals surface area contributed by atoms with Crippen LogP contribution in [0.4, 0.5) is 5.69 Å². The van der Waals surface area contributed by atoms with Crippen LogP contribution in [0.1, 0.15) is 63.4 Å². The van der Waals surface area contributed by atoms with E-state index in [1.165, 1.54) is 36.9 Å². The fourth-order valence-corrected chi connectivity index (χ4v) is 5.19. The molecule has 2 fully saturated rings. The van der Waals surface area contributed by atoms with Crippen LogP contribution in [-0.4, -0.2) is 50.0 Å². The quantitative estimate of drug-likeness (QED) is 0.623. The summed E-state index contributed by atoms with van der Waals surface area (Å²) in [6.45, 7) is 6.13. The molecular weight excluding hydrogens is 348 g/mol. The van der Waals surface area contributed by atoms with Crippen molar-refractivity contribution >= 4 is 17.6 Å². The second-order valence-electron chi connectivity index (χ2n) is 9.06. The topological polar surface area (TPSA) is 47.9 Å². The van der Waals surface area contributed by atoms with Gasteiger partial charge in [0.15, 0.2) is 5.96 Å². The molecule has 0 radical (unpaired) electrons. The highest BCUT2D eigenvalue weighted by Crippen LogP contribution is 2.39. The van der Waals surface area contributed by atoms with E-state index in [0.29, 0.717) is 17.2 Å². The van der Waals surface area contributed by atoms with E-state index >= 15 is 0 Å². The van der Waals surface area contributed by atoms with E-state index < -0.39 is 0 Å². The molecule has 0 spiro atoms. The number of likely N-dealkylation sites (tertiary alicyclic amines) is 1. The van der Waals surface area contributed by atoms with Crippen LogP contribution < -0.4 is 10.2 Å². The standard InChI is InChI=1S/C23H34N4O/c1-23(12-5-6-13-23)17-25-22(24-2)27-16-18(19-8-3-4-9-20(19)27)11-15-26-14-7-10-21(26)28/h3-4,8-9,18H,5-7,10-17H2,1-2H3,(H,24,25). The Morgan fingerprint density at radius 1 is 1.25 bits per heavy atom. The molecular formula is C23H34N4O. The fraction of sp³-hybridized carbons (Fsp3) is 0.652. The number of aliphatic imine (C=N–C) groups is 1. The zero-order valence-electron chi connectivity index (χ0n) is 17.4. The molecule has 0 aromatic heterocycles. The van der Waals surface area contributed by atoms with Crippen molar-refractivity contribution in [2.24, 2.45) is 10.4 Å². The number of nitrogens with zero attached hydrogens (tertiary/aromatic N) is 3. The first-order valence-electron chi connectivity index (χ1n) is 10.9. The van der Waals surface area contributed by atoms with E-state index in [2.05, 4.69) is 46.4 Å². The molecule has 1 saturated carbocycles. The normalized spacial score (nSPS) is 24.1. The van der Waals surface area contributed by atoms with Crippen LogP contribution in [0, 0.1) is 5.41 Å². The van der Waals surface area contributed by atoms with E-state index in [4.69, 9.17) is 0 Å². The number of nitrogens with one attached hydrogen (secondary N) is 1. The van der Waals surface area contributed by atoms with Gasteiger partial charge in [-0.05, 0) is 42.7 Å². The van der Waals surface area contributed by atoms with Gasteiger partial charge in [0.25, 0.3) is 0 Å². The van der Waals surface area contributed by atoms with Gasteiger partial charge in [-0.15, -0.1) is 0 Å². The van der Waals surface area contributed by atoms with E-state index in [1.54, 1.807) is 0 Å². The Labute approximate surface area is 169 Å². The first-order chi connectivity index (χ1) is 13.6. The molecule has 1 aliphatic carbocycles. The third-order valence-electron chi connectivity index (χ3n) is 6.94. The molecule has 1 saturated heterocycles. The lowest BCUT2D eigenvalue weighted by atomic mass is 9.89. The van der Waals surface area contributed by atoms with Crippen molar-refractivity contribution in [2.75, 3.05) is 38.1 Å². The van der Waals surface area contributed by atoms with E-state index in [-0.39, 0.29) is 0 Å². The van der Waals surface area contributed by atoms with Crippen LogP contribution in [0.25, 0.3) is 0 Å². The number of carbonyl (C=O) groups is 1. The molecule has 152 valence electrons. The van der Waals surface area contributed by atoms with Gasteiger partial charge >= 0.3 is 0 Å².